The Morgan fingerprint density at radius 2 is 2.03 bits per heavy atom. The molecule has 2 aromatic rings. The van der Waals surface area contributed by atoms with Gasteiger partial charge in [-0.05, 0) is 73.7 Å². The van der Waals surface area contributed by atoms with E-state index in [1.165, 1.54) is 22.6 Å². The molecule has 3 atom stereocenters. The van der Waals surface area contributed by atoms with Crippen LogP contribution in [0.4, 0.5) is 14.6 Å². The number of thioether (sulfide) groups is 1. The number of aromatic nitrogens is 1. The molecule has 0 radical (unpaired) electrons. The lowest BCUT2D eigenvalue weighted by Crippen LogP contribution is -2.19. The number of benzene rings is 1. The molecular formula is C28H37F2N3S2. The van der Waals surface area contributed by atoms with E-state index in [1.54, 1.807) is 12.3 Å². The molecular weight excluding hydrogens is 480 g/mol. The van der Waals surface area contributed by atoms with Gasteiger partial charge in [-0.15, -0.1) is 11.8 Å². The van der Waals surface area contributed by atoms with E-state index in [0.29, 0.717) is 29.2 Å². The highest BCUT2D eigenvalue weighted by atomic mass is 32.2. The van der Waals surface area contributed by atoms with Gasteiger partial charge >= 0.3 is 0 Å². The second-order valence-corrected chi connectivity index (χ2v) is 12.3. The zero-order chi connectivity index (χ0) is 25.4. The van der Waals surface area contributed by atoms with E-state index in [0.717, 1.165) is 30.1 Å². The van der Waals surface area contributed by atoms with Gasteiger partial charge in [0.15, 0.2) is 11.6 Å². The first-order valence-corrected chi connectivity index (χ1v) is 14.4. The van der Waals surface area contributed by atoms with Crippen LogP contribution in [0.5, 0.6) is 0 Å². The summed E-state index contributed by atoms with van der Waals surface area (Å²) >= 11 is 1.99. The fourth-order valence-corrected chi connectivity index (χ4v) is 6.97. The number of nitrogens with zero attached hydrogens (tertiary/aromatic N) is 1. The van der Waals surface area contributed by atoms with Gasteiger partial charge in [0.1, 0.15) is 5.82 Å². The Kier molecular flexibility index (Phi) is 10.6. The second-order valence-electron chi connectivity index (χ2n) is 9.10. The van der Waals surface area contributed by atoms with Crippen LogP contribution in [0.15, 0.2) is 64.1 Å². The molecule has 3 nitrogen and oxygen atoms in total. The number of pyridine rings is 1. The summed E-state index contributed by atoms with van der Waals surface area (Å²) in [5, 5.41) is 6.20. The molecule has 0 saturated carbocycles. The monoisotopic (exact) mass is 517 g/mol. The lowest BCUT2D eigenvalue weighted by atomic mass is 9.88. The molecule has 3 unspecified atom stereocenters. The van der Waals surface area contributed by atoms with Crippen molar-refractivity contribution in [2.75, 3.05) is 11.9 Å². The van der Waals surface area contributed by atoms with Crippen LogP contribution in [0.25, 0.3) is 0 Å². The molecule has 1 aromatic heterocycles. The van der Waals surface area contributed by atoms with Crippen LogP contribution in [-0.4, -0.2) is 22.1 Å². The summed E-state index contributed by atoms with van der Waals surface area (Å²) in [7, 11) is -0.400. The number of allylic oxidation sites excluding steroid dienone is 3. The smallest absolute Gasteiger partial charge is 0.159 e. The topological polar surface area (TPSA) is 37.0 Å². The summed E-state index contributed by atoms with van der Waals surface area (Å²) in [5.41, 5.74) is 2.17. The maximum Gasteiger partial charge on any atom is 0.159 e. The average Bonchev–Trinajstić information content (AvgIpc) is 3.32. The molecule has 1 aromatic carbocycles. The molecule has 0 bridgehead atoms. The van der Waals surface area contributed by atoms with Crippen LogP contribution < -0.4 is 10.0 Å². The van der Waals surface area contributed by atoms with E-state index in [1.807, 2.05) is 24.8 Å². The summed E-state index contributed by atoms with van der Waals surface area (Å²) < 4.78 is 30.3. The molecule has 1 aliphatic heterocycles. The minimum Gasteiger partial charge on any atom is -0.365 e. The fourth-order valence-electron chi connectivity index (χ4n) is 4.03. The largest absolute Gasteiger partial charge is 0.365 e. The highest BCUT2D eigenvalue weighted by Crippen LogP contribution is 2.41. The van der Waals surface area contributed by atoms with Gasteiger partial charge in [0.2, 0.25) is 0 Å². The molecule has 190 valence electrons. The summed E-state index contributed by atoms with van der Waals surface area (Å²) in [5.74, 6) is 0.374. The number of nitrogens with one attached hydrogen (secondary N) is 2. The molecule has 0 amide bonds. The first-order chi connectivity index (χ1) is 16.8. The van der Waals surface area contributed by atoms with Crippen molar-refractivity contribution >= 4 is 33.6 Å². The van der Waals surface area contributed by atoms with Crippen LogP contribution >= 0.6 is 22.4 Å². The van der Waals surface area contributed by atoms with E-state index in [2.05, 4.69) is 66.3 Å². The standard InChI is InChI=1S/C28H37F2N3S2/c1-6-20(5)15-23(19(3)4)26-13-11-22(34-26)18-32-28-27(9-8-14-31-28)35(7-2)33-17-21-10-12-24(29)25(30)16-21/h7-12,14-16,19,23,26,33H,6,13,17-18H2,1-5H3,(H,31,32)/b20-15+. The third-order valence-corrected chi connectivity index (χ3v) is 9.36. The molecule has 1 aliphatic rings. The zero-order valence-corrected chi connectivity index (χ0v) is 22.9. The summed E-state index contributed by atoms with van der Waals surface area (Å²) in [6.07, 6.45) is 8.83. The lowest BCUT2D eigenvalue weighted by Gasteiger charge is -2.25. The van der Waals surface area contributed by atoms with Crippen LogP contribution in [0, 0.1) is 23.5 Å². The number of rotatable bonds is 11. The van der Waals surface area contributed by atoms with Crippen molar-refractivity contribution in [3.8, 4) is 0 Å². The van der Waals surface area contributed by atoms with Crippen molar-refractivity contribution in [3.05, 3.63) is 76.4 Å². The van der Waals surface area contributed by atoms with Gasteiger partial charge in [0.05, 0.1) is 4.90 Å². The van der Waals surface area contributed by atoms with Gasteiger partial charge in [0.25, 0.3) is 0 Å². The first kappa shape index (κ1) is 27.6. The molecule has 0 aliphatic carbocycles. The average molecular weight is 518 g/mol. The molecule has 35 heavy (non-hydrogen) atoms. The zero-order valence-electron chi connectivity index (χ0n) is 21.3. The van der Waals surface area contributed by atoms with Gasteiger partial charge in [-0.1, -0.05) is 55.2 Å². The van der Waals surface area contributed by atoms with Gasteiger partial charge in [-0.3, -0.25) is 4.72 Å². The van der Waals surface area contributed by atoms with Crippen molar-refractivity contribution in [2.24, 2.45) is 11.8 Å². The van der Waals surface area contributed by atoms with E-state index in [4.69, 9.17) is 0 Å². The Morgan fingerprint density at radius 3 is 2.71 bits per heavy atom. The SMILES string of the molecule is C/C=S(\NCc1ccc(F)c(F)c1)c1cccnc1NCC1=CCC(C(/C=C(\C)CC)C(C)C)S1. The van der Waals surface area contributed by atoms with Crippen molar-refractivity contribution < 1.29 is 8.78 Å². The summed E-state index contributed by atoms with van der Waals surface area (Å²) in [6, 6.07) is 8.00. The quantitative estimate of drug-likeness (QED) is 0.234. The maximum atomic E-state index is 13.6. The predicted molar refractivity (Wildman–Crippen MR) is 150 cm³/mol. The highest BCUT2D eigenvalue weighted by molar-refractivity contribution is 8.13. The van der Waals surface area contributed by atoms with Crippen LogP contribution in [0.3, 0.4) is 0 Å². The number of anilines is 1. The number of hydrogen-bond acceptors (Lipinski definition) is 4. The molecule has 0 saturated heterocycles. The lowest BCUT2D eigenvalue weighted by molar-refractivity contribution is 0.450. The number of halogens is 2. The molecule has 0 fully saturated rings. The van der Waals surface area contributed by atoms with Gasteiger partial charge in [-0.25, -0.2) is 13.8 Å². The van der Waals surface area contributed by atoms with E-state index >= 15 is 0 Å². The molecule has 3 rings (SSSR count). The summed E-state index contributed by atoms with van der Waals surface area (Å²) in [4.78, 5) is 7.01. The van der Waals surface area contributed by atoms with Crippen molar-refractivity contribution in [1.29, 1.82) is 0 Å². The molecule has 2 heterocycles. The van der Waals surface area contributed by atoms with Crippen molar-refractivity contribution in [1.82, 2.24) is 9.71 Å². The van der Waals surface area contributed by atoms with Crippen molar-refractivity contribution in [2.45, 2.75) is 64.2 Å². The van der Waals surface area contributed by atoms with E-state index < -0.39 is 22.3 Å². The van der Waals surface area contributed by atoms with Gasteiger partial charge in [0, 0.05) is 29.4 Å². The van der Waals surface area contributed by atoms with E-state index in [-0.39, 0.29) is 0 Å². The fraction of sp³-hybridized carbons (Fsp3) is 0.429. The van der Waals surface area contributed by atoms with Gasteiger partial charge in [-0.2, -0.15) is 0 Å². The Morgan fingerprint density at radius 1 is 1.23 bits per heavy atom. The van der Waals surface area contributed by atoms with Gasteiger partial charge < -0.3 is 5.32 Å². The Balaban J connectivity index is 1.63. The first-order valence-electron chi connectivity index (χ1n) is 12.2. The second kappa shape index (κ2) is 13.4. The predicted octanol–water partition coefficient (Wildman–Crippen LogP) is 7.94. The third kappa shape index (κ3) is 7.76. The minimum absolute atomic E-state index is 0.400. The third-order valence-electron chi connectivity index (χ3n) is 6.20. The van der Waals surface area contributed by atoms with Crippen LogP contribution in [0.1, 0.15) is 53.0 Å². The number of hydrogen-bond donors (Lipinski definition) is 2. The molecule has 0 spiro atoms. The normalized spacial score (nSPS) is 18.1. The molecule has 2 N–H and O–H groups in total. The van der Waals surface area contributed by atoms with Crippen LogP contribution in [-0.2, 0) is 6.54 Å². The summed E-state index contributed by atoms with van der Waals surface area (Å²) in [6.45, 7) is 12.3. The van der Waals surface area contributed by atoms with Crippen LogP contribution in [0.2, 0.25) is 0 Å². The highest BCUT2D eigenvalue weighted by Gasteiger charge is 2.27. The van der Waals surface area contributed by atoms with E-state index in [9.17, 15) is 8.78 Å². The maximum absolute atomic E-state index is 13.6. The minimum atomic E-state index is -0.828. The van der Waals surface area contributed by atoms with Crippen molar-refractivity contribution in [3.63, 3.8) is 0 Å². The molecule has 7 heteroatoms. The Hall–Kier alpha value is -1.96. The Labute approximate surface area is 216 Å². The Bertz CT molecular complexity index is 1100.